The van der Waals surface area contributed by atoms with Crippen molar-refractivity contribution < 1.29 is 17.6 Å². The predicted octanol–water partition coefficient (Wildman–Crippen LogP) is 5.16. The molecule has 176 valence electrons. The summed E-state index contributed by atoms with van der Waals surface area (Å²) in [5.74, 6) is 0.0868. The number of sulfonamides is 1. The van der Waals surface area contributed by atoms with E-state index in [9.17, 15) is 13.2 Å². The topological polar surface area (TPSA) is 79.6 Å². The zero-order valence-electron chi connectivity index (χ0n) is 19.8. The van der Waals surface area contributed by atoms with Crippen LogP contribution in [0, 0.1) is 27.7 Å². The summed E-state index contributed by atoms with van der Waals surface area (Å²) < 4.78 is 35.6. The van der Waals surface area contributed by atoms with Gasteiger partial charge in [-0.3, -0.25) is 4.79 Å². The second kappa shape index (κ2) is 9.31. The molecule has 0 saturated carbocycles. The van der Waals surface area contributed by atoms with Gasteiger partial charge in [0, 0.05) is 30.6 Å². The summed E-state index contributed by atoms with van der Waals surface area (Å²) in [4.78, 5) is 15.2. The van der Waals surface area contributed by atoms with Crippen LogP contribution in [0.4, 0.5) is 0 Å². The molecule has 33 heavy (non-hydrogen) atoms. The average Bonchev–Trinajstić information content (AvgIpc) is 2.96. The number of hydrogen-bond donors (Lipinski definition) is 1. The molecule has 1 amide bonds. The third-order valence-corrected chi connectivity index (χ3v) is 8.19. The van der Waals surface area contributed by atoms with Crippen LogP contribution in [0.5, 0.6) is 0 Å². The number of benzene rings is 2. The molecule has 0 aliphatic carbocycles. The summed E-state index contributed by atoms with van der Waals surface area (Å²) in [6.07, 6.45) is 4.20. The quantitative estimate of drug-likeness (QED) is 0.561. The van der Waals surface area contributed by atoms with Crippen LogP contribution in [-0.2, 0) is 16.6 Å². The van der Waals surface area contributed by atoms with E-state index in [0.29, 0.717) is 29.6 Å². The Balaban J connectivity index is 1.74. The number of aryl methyl sites for hydroxylation is 3. The minimum absolute atomic E-state index is 0.114. The second-order valence-corrected chi connectivity index (χ2v) is 10.8. The van der Waals surface area contributed by atoms with Crippen LogP contribution in [0.25, 0.3) is 11.0 Å². The Morgan fingerprint density at radius 3 is 2.24 bits per heavy atom. The second-order valence-electron chi connectivity index (χ2n) is 9.10. The zero-order chi connectivity index (χ0) is 23.8. The number of fused-ring (bicyclic) bond motifs is 1. The summed E-state index contributed by atoms with van der Waals surface area (Å²) in [5, 5.41) is 0.673. The van der Waals surface area contributed by atoms with Crippen LogP contribution in [0.1, 0.15) is 64.1 Å². The van der Waals surface area contributed by atoms with E-state index in [-0.39, 0.29) is 28.7 Å². The molecule has 2 aromatic carbocycles. The molecule has 1 N–H and O–H groups in total. The van der Waals surface area contributed by atoms with Crippen molar-refractivity contribution in [3.8, 4) is 0 Å². The van der Waals surface area contributed by atoms with Crippen molar-refractivity contribution in [2.75, 3.05) is 13.1 Å². The van der Waals surface area contributed by atoms with Gasteiger partial charge >= 0.3 is 0 Å². The number of carbonyl (C=O) groups is 1. The van der Waals surface area contributed by atoms with Crippen molar-refractivity contribution in [2.45, 2.75) is 64.8 Å². The molecular weight excluding hydrogens is 436 g/mol. The molecule has 0 bridgehead atoms. The van der Waals surface area contributed by atoms with Gasteiger partial charge in [-0.2, -0.15) is 0 Å². The molecule has 1 aliphatic rings. The van der Waals surface area contributed by atoms with Crippen molar-refractivity contribution in [1.82, 2.24) is 9.62 Å². The van der Waals surface area contributed by atoms with Crippen molar-refractivity contribution in [1.29, 1.82) is 0 Å². The molecule has 1 saturated heterocycles. The van der Waals surface area contributed by atoms with E-state index in [1.54, 1.807) is 6.92 Å². The number of rotatable bonds is 5. The summed E-state index contributed by atoms with van der Waals surface area (Å²) in [5.41, 5.74) is 4.41. The largest absolute Gasteiger partial charge is 0.449 e. The standard InChI is InChI=1S/C26H32N2O4S/c1-17-9-11-21(12-10-17)16-27-33(30,31)25-19(3)18(2)15-22-20(4)23(32-24(22)25)26(29)28-13-7-5-6-8-14-28/h9-12,15,27H,5-8,13-14,16H2,1-4H3. The average molecular weight is 469 g/mol. The lowest BCUT2D eigenvalue weighted by Crippen LogP contribution is -2.31. The number of nitrogens with one attached hydrogen (secondary N) is 1. The molecule has 7 heteroatoms. The Hall–Kier alpha value is -2.64. The fraction of sp³-hybridized carbons (Fsp3) is 0.423. The highest BCUT2D eigenvalue weighted by molar-refractivity contribution is 7.89. The van der Waals surface area contributed by atoms with Gasteiger partial charge in [0.15, 0.2) is 11.3 Å². The minimum Gasteiger partial charge on any atom is -0.449 e. The first-order chi connectivity index (χ1) is 15.7. The van der Waals surface area contributed by atoms with Gasteiger partial charge in [-0.15, -0.1) is 0 Å². The SMILES string of the molecule is Cc1ccc(CNS(=O)(=O)c2c(C)c(C)cc3c(C)c(C(=O)N4CCCCCC4)oc23)cc1. The minimum atomic E-state index is -3.88. The summed E-state index contributed by atoms with van der Waals surface area (Å²) in [6.45, 7) is 9.08. The molecule has 1 fully saturated rings. The number of nitrogens with zero attached hydrogens (tertiary/aromatic N) is 1. The molecule has 1 aliphatic heterocycles. The van der Waals surface area contributed by atoms with Crippen LogP contribution < -0.4 is 4.72 Å². The molecule has 0 spiro atoms. The zero-order valence-corrected chi connectivity index (χ0v) is 20.6. The molecule has 3 aromatic rings. The molecule has 2 heterocycles. The number of likely N-dealkylation sites (tertiary alicyclic amines) is 1. The smallest absolute Gasteiger partial charge is 0.289 e. The van der Waals surface area contributed by atoms with Gasteiger partial charge in [-0.25, -0.2) is 13.1 Å². The fourth-order valence-corrected chi connectivity index (χ4v) is 5.91. The molecule has 0 radical (unpaired) electrons. The molecule has 0 unspecified atom stereocenters. The summed E-state index contributed by atoms with van der Waals surface area (Å²) in [7, 11) is -3.88. The number of hydrogen-bond acceptors (Lipinski definition) is 4. The van der Waals surface area contributed by atoms with E-state index in [1.165, 1.54) is 0 Å². The van der Waals surface area contributed by atoms with E-state index in [0.717, 1.165) is 42.4 Å². The Labute approximate surface area is 196 Å². The van der Waals surface area contributed by atoms with Gasteiger partial charge in [0.05, 0.1) is 0 Å². The van der Waals surface area contributed by atoms with Crippen molar-refractivity contribution >= 4 is 26.9 Å². The van der Waals surface area contributed by atoms with Gasteiger partial charge in [0.2, 0.25) is 10.0 Å². The third kappa shape index (κ3) is 4.70. The number of carbonyl (C=O) groups excluding carboxylic acids is 1. The van der Waals surface area contributed by atoms with Crippen LogP contribution >= 0.6 is 0 Å². The first-order valence-corrected chi connectivity index (χ1v) is 13.0. The molecule has 1 aromatic heterocycles. The maximum atomic E-state index is 13.4. The van der Waals surface area contributed by atoms with Crippen LogP contribution in [0.15, 0.2) is 39.6 Å². The van der Waals surface area contributed by atoms with Gasteiger partial charge in [0.25, 0.3) is 5.91 Å². The van der Waals surface area contributed by atoms with Crippen molar-refractivity contribution in [3.05, 3.63) is 63.9 Å². The Bertz CT molecular complexity index is 1280. The van der Waals surface area contributed by atoms with Crippen LogP contribution in [0.3, 0.4) is 0 Å². The van der Waals surface area contributed by atoms with Crippen molar-refractivity contribution in [2.24, 2.45) is 0 Å². The normalized spacial score (nSPS) is 15.1. The van der Waals surface area contributed by atoms with E-state index in [4.69, 9.17) is 4.42 Å². The monoisotopic (exact) mass is 468 g/mol. The Morgan fingerprint density at radius 1 is 0.970 bits per heavy atom. The number of furan rings is 1. The highest BCUT2D eigenvalue weighted by Gasteiger charge is 2.29. The lowest BCUT2D eigenvalue weighted by atomic mass is 10.0. The number of amides is 1. The maximum Gasteiger partial charge on any atom is 0.289 e. The van der Waals surface area contributed by atoms with Crippen molar-refractivity contribution in [3.63, 3.8) is 0 Å². The Morgan fingerprint density at radius 2 is 1.61 bits per heavy atom. The van der Waals surface area contributed by atoms with E-state index in [1.807, 2.05) is 56.0 Å². The van der Waals surface area contributed by atoms with Gasteiger partial charge in [0.1, 0.15) is 4.90 Å². The molecular formula is C26H32N2O4S. The summed E-state index contributed by atoms with van der Waals surface area (Å²) >= 11 is 0. The third-order valence-electron chi connectivity index (χ3n) is 6.64. The lowest BCUT2D eigenvalue weighted by Gasteiger charge is -2.19. The van der Waals surface area contributed by atoms with E-state index >= 15 is 0 Å². The van der Waals surface area contributed by atoms with Crippen LogP contribution in [-0.4, -0.2) is 32.3 Å². The predicted molar refractivity (Wildman–Crippen MR) is 130 cm³/mol. The van der Waals surface area contributed by atoms with Gasteiger partial charge in [-0.1, -0.05) is 42.7 Å². The lowest BCUT2D eigenvalue weighted by molar-refractivity contribution is 0.0731. The molecule has 6 nitrogen and oxygen atoms in total. The van der Waals surface area contributed by atoms with Gasteiger partial charge in [-0.05, 0) is 63.3 Å². The van der Waals surface area contributed by atoms with Crippen LogP contribution in [0.2, 0.25) is 0 Å². The first kappa shape index (κ1) is 23.5. The molecule has 4 rings (SSSR count). The van der Waals surface area contributed by atoms with E-state index in [2.05, 4.69) is 4.72 Å². The summed E-state index contributed by atoms with van der Waals surface area (Å²) in [6, 6.07) is 9.64. The van der Waals surface area contributed by atoms with Gasteiger partial charge < -0.3 is 9.32 Å². The highest BCUT2D eigenvalue weighted by Crippen LogP contribution is 2.35. The Kier molecular flexibility index (Phi) is 6.64. The maximum absolute atomic E-state index is 13.4. The fourth-order valence-electron chi connectivity index (χ4n) is 4.44. The molecule has 0 atom stereocenters. The van der Waals surface area contributed by atoms with E-state index < -0.39 is 10.0 Å². The first-order valence-electron chi connectivity index (χ1n) is 11.6. The highest BCUT2D eigenvalue weighted by atomic mass is 32.2.